The molecule has 0 fully saturated rings. The number of likely N-dealkylation sites (N-methyl/N-ethyl adjacent to an activating group) is 1. The van der Waals surface area contributed by atoms with E-state index in [9.17, 15) is 4.79 Å². The van der Waals surface area contributed by atoms with Gasteiger partial charge in [0.15, 0.2) is 0 Å². The summed E-state index contributed by atoms with van der Waals surface area (Å²) >= 11 is 0. The van der Waals surface area contributed by atoms with Crippen LogP contribution in [-0.2, 0) is 22.6 Å². The number of hydrogen-bond donors (Lipinski definition) is 1. The minimum atomic E-state index is -0.627. The van der Waals surface area contributed by atoms with E-state index in [1.54, 1.807) is 0 Å². The highest BCUT2D eigenvalue weighted by Crippen LogP contribution is 2.27. The molecule has 1 aliphatic heterocycles. The minimum Gasteiger partial charge on any atom is -0.468 e. The molecule has 0 amide bonds. The molecule has 0 radical (unpaired) electrons. The van der Waals surface area contributed by atoms with Gasteiger partial charge in [0.1, 0.15) is 5.54 Å². The van der Waals surface area contributed by atoms with Crippen molar-refractivity contribution >= 4 is 5.97 Å². The second-order valence-electron chi connectivity index (χ2n) is 6.08. The van der Waals surface area contributed by atoms with Crippen molar-refractivity contribution < 1.29 is 9.53 Å². The Labute approximate surface area is 127 Å². The van der Waals surface area contributed by atoms with E-state index >= 15 is 0 Å². The average molecular weight is 290 g/mol. The zero-order chi connectivity index (χ0) is 15.5. The van der Waals surface area contributed by atoms with E-state index in [1.807, 2.05) is 13.8 Å². The van der Waals surface area contributed by atoms with Crippen LogP contribution < -0.4 is 5.32 Å². The van der Waals surface area contributed by atoms with Crippen molar-refractivity contribution in [1.29, 1.82) is 0 Å². The first kappa shape index (κ1) is 16.0. The van der Waals surface area contributed by atoms with Crippen molar-refractivity contribution in [3.05, 3.63) is 35.4 Å². The number of methoxy groups -OCH3 is 1. The topological polar surface area (TPSA) is 41.6 Å². The Morgan fingerprint density at radius 1 is 1.38 bits per heavy atom. The normalized spacial score (nSPS) is 18.9. The van der Waals surface area contributed by atoms with Gasteiger partial charge in [-0.05, 0) is 37.9 Å². The number of ether oxygens (including phenoxy) is 1. The average Bonchev–Trinajstić information content (AvgIpc) is 2.90. The van der Waals surface area contributed by atoms with Crippen molar-refractivity contribution in [1.82, 2.24) is 10.2 Å². The summed E-state index contributed by atoms with van der Waals surface area (Å²) in [5, 5.41) is 3.28. The third-order valence-corrected chi connectivity index (χ3v) is 4.40. The van der Waals surface area contributed by atoms with E-state index < -0.39 is 5.54 Å². The molecule has 21 heavy (non-hydrogen) atoms. The van der Waals surface area contributed by atoms with E-state index in [0.717, 1.165) is 26.1 Å². The molecule has 1 aromatic carbocycles. The third-order valence-electron chi connectivity index (χ3n) is 4.40. The first-order valence-electron chi connectivity index (χ1n) is 7.64. The predicted molar refractivity (Wildman–Crippen MR) is 83.9 cm³/mol. The number of nitrogens with one attached hydrogen (secondary N) is 1. The third kappa shape index (κ3) is 3.44. The fraction of sp³-hybridized carbons (Fsp3) is 0.588. The van der Waals surface area contributed by atoms with Crippen LogP contribution in [0.5, 0.6) is 0 Å². The molecule has 4 heteroatoms. The molecule has 0 saturated carbocycles. The van der Waals surface area contributed by atoms with Crippen molar-refractivity contribution in [2.45, 2.75) is 51.9 Å². The molecule has 1 aliphatic rings. The van der Waals surface area contributed by atoms with Gasteiger partial charge >= 0.3 is 5.97 Å². The summed E-state index contributed by atoms with van der Waals surface area (Å²) in [7, 11) is 1.45. The van der Waals surface area contributed by atoms with E-state index in [1.165, 1.54) is 18.2 Å². The second kappa shape index (κ2) is 6.58. The van der Waals surface area contributed by atoms with E-state index in [-0.39, 0.29) is 5.97 Å². The number of hydrogen-bond acceptors (Lipinski definition) is 4. The lowest BCUT2D eigenvalue weighted by Gasteiger charge is -2.34. The Balaban J connectivity index is 2.04. The van der Waals surface area contributed by atoms with Gasteiger partial charge in [-0.3, -0.25) is 9.69 Å². The lowest BCUT2D eigenvalue weighted by atomic mass is 9.93. The monoisotopic (exact) mass is 290 g/mol. The molecular formula is C17H26N2O2. The molecule has 2 rings (SSSR count). The van der Waals surface area contributed by atoms with Crippen LogP contribution in [0.25, 0.3) is 0 Å². The van der Waals surface area contributed by atoms with Crippen molar-refractivity contribution in [3.63, 3.8) is 0 Å². The highest BCUT2D eigenvalue weighted by Gasteiger charge is 2.37. The maximum Gasteiger partial charge on any atom is 0.325 e. The molecule has 116 valence electrons. The summed E-state index contributed by atoms with van der Waals surface area (Å²) in [5.41, 5.74) is 2.16. The van der Waals surface area contributed by atoms with Crippen LogP contribution in [0.15, 0.2) is 24.3 Å². The molecule has 2 atom stereocenters. The summed E-state index contributed by atoms with van der Waals surface area (Å²) in [6, 6.07) is 8.85. The molecule has 1 heterocycles. The standard InChI is InChI=1S/C17H26N2O2/c1-5-18-17(3,16(20)21-4)10-13(2)19-11-14-8-6-7-9-15(14)12-19/h6-9,13,18H,5,10-12H2,1-4H3. The van der Waals surface area contributed by atoms with E-state index in [2.05, 4.69) is 41.4 Å². The summed E-state index contributed by atoms with van der Waals surface area (Å²) in [5.74, 6) is -0.187. The van der Waals surface area contributed by atoms with Gasteiger partial charge < -0.3 is 10.1 Å². The highest BCUT2D eigenvalue weighted by molar-refractivity contribution is 5.80. The zero-order valence-electron chi connectivity index (χ0n) is 13.5. The van der Waals surface area contributed by atoms with Crippen LogP contribution in [0, 0.1) is 0 Å². The largest absolute Gasteiger partial charge is 0.468 e. The molecule has 0 aliphatic carbocycles. The van der Waals surface area contributed by atoms with Crippen LogP contribution in [0.3, 0.4) is 0 Å². The number of benzene rings is 1. The SMILES string of the molecule is CCNC(C)(CC(C)N1Cc2ccccc2C1)C(=O)OC. The first-order chi connectivity index (χ1) is 10.00. The molecule has 2 unspecified atom stereocenters. The molecule has 1 N–H and O–H groups in total. The van der Waals surface area contributed by atoms with Crippen molar-refractivity contribution in [2.24, 2.45) is 0 Å². The Morgan fingerprint density at radius 3 is 2.43 bits per heavy atom. The Bertz CT molecular complexity index is 478. The number of fused-ring (bicyclic) bond motifs is 1. The number of esters is 1. The highest BCUT2D eigenvalue weighted by atomic mass is 16.5. The first-order valence-corrected chi connectivity index (χ1v) is 7.64. The molecule has 1 aromatic rings. The maximum atomic E-state index is 12.1. The Kier molecular flexibility index (Phi) is 5.01. The van der Waals surface area contributed by atoms with Gasteiger partial charge in [0.05, 0.1) is 7.11 Å². The Hall–Kier alpha value is -1.39. The van der Waals surface area contributed by atoms with Gasteiger partial charge in [-0.25, -0.2) is 0 Å². The van der Waals surface area contributed by atoms with E-state index in [0.29, 0.717) is 6.04 Å². The van der Waals surface area contributed by atoms with Gasteiger partial charge in [0.2, 0.25) is 0 Å². The van der Waals surface area contributed by atoms with E-state index in [4.69, 9.17) is 4.74 Å². The fourth-order valence-corrected chi connectivity index (χ4v) is 3.23. The molecule has 0 spiro atoms. The van der Waals surface area contributed by atoms with Crippen LogP contribution in [0.1, 0.15) is 38.3 Å². The molecule has 0 aromatic heterocycles. The molecule has 4 nitrogen and oxygen atoms in total. The zero-order valence-corrected chi connectivity index (χ0v) is 13.5. The fourth-order valence-electron chi connectivity index (χ4n) is 3.23. The van der Waals surface area contributed by atoms with Crippen molar-refractivity contribution in [3.8, 4) is 0 Å². The lowest BCUT2D eigenvalue weighted by Crippen LogP contribution is -2.53. The van der Waals surface area contributed by atoms with Gasteiger partial charge in [0, 0.05) is 19.1 Å². The summed E-state index contributed by atoms with van der Waals surface area (Å²) in [6.07, 6.45) is 0.738. The molecule has 0 saturated heterocycles. The van der Waals surface area contributed by atoms with Crippen LogP contribution in [-0.4, -0.2) is 36.1 Å². The van der Waals surface area contributed by atoms with Gasteiger partial charge in [-0.1, -0.05) is 31.2 Å². The number of nitrogens with zero attached hydrogens (tertiary/aromatic N) is 1. The maximum absolute atomic E-state index is 12.1. The summed E-state index contributed by atoms with van der Waals surface area (Å²) in [6.45, 7) is 8.80. The predicted octanol–water partition coefficient (Wildman–Crippen LogP) is 2.32. The van der Waals surface area contributed by atoms with Gasteiger partial charge in [-0.2, -0.15) is 0 Å². The Morgan fingerprint density at radius 2 is 1.95 bits per heavy atom. The lowest BCUT2D eigenvalue weighted by molar-refractivity contribution is -0.148. The van der Waals surface area contributed by atoms with Gasteiger partial charge in [0.25, 0.3) is 0 Å². The number of rotatable bonds is 6. The van der Waals surface area contributed by atoms with Crippen LogP contribution in [0.4, 0.5) is 0 Å². The molecule has 0 bridgehead atoms. The summed E-state index contributed by atoms with van der Waals surface area (Å²) in [4.78, 5) is 14.5. The van der Waals surface area contributed by atoms with Gasteiger partial charge in [-0.15, -0.1) is 0 Å². The number of carbonyl (C=O) groups is 1. The van der Waals surface area contributed by atoms with Crippen LogP contribution in [0.2, 0.25) is 0 Å². The summed E-state index contributed by atoms with van der Waals surface area (Å²) < 4.78 is 4.97. The quantitative estimate of drug-likeness (QED) is 0.817. The number of carbonyl (C=O) groups excluding carboxylic acids is 1. The smallest absolute Gasteiger partial charge is 0.325 e. The minimum absolute atomic E-state index is 0.187. The molecular weight excluding hydrogens is 264 g/mol. The second-order valence-corrected chi connectivity index (χ2v) is 6.08. The van der Waals surface area contributed by atoms with Crippen molar-refractivity contribution in [2.75, 3.05) is 13.7 Å². The van der Waals surface area contributed by atoms with Crippen LogP contribution >= 0.6 is 0 Å².